The molecule has 39 heavy (non-hydrogen) atoms. The number of benzene rings is 3. The highest BCUT2D eigenvalue weighted by Gasteiger charge is 2.63. The third-order valence-corrected chi connectivity index (χ3v) is 11.0. The number of piperidine rings is 1. The molecule has 0 bridgehead atoms. The molecule has 0 aromatic heterocycles. The molecule has 0 spiro atoms. The molecular formula is C33H35IN2O3. The van der Waals surface area contributed by atoms with Gasteiger partial charge in [0.05, 0.1) is 6.04 Å². The molecule has 6 heteroatoms. The second-order valence-electron chi connectivity index (χ2n) is 11.9. The first kappa shape index (κ1) is 25.4. The fourth-order valence-electron chi connectivity index (χ4n) is 8.12. The summed E-state index contributed by atoms with van der Waals surface area (Å²) in [5.74, 6) is 2.70. The van der Waals surface area contributed by atoms with E-state index in [9.17, 15) is 4.79 Å². The Morgan fingerprint density at radius 3 is 2.56 bits per heavy atom. The highest BCUT2D eigenvalue weighted by molar-refractivity contribution is 14.1. The van der Waals surface area contributed by atoms with E-state index in [1.807, 2.05) is 41.3 Å². The lowest BCUT2D eigenvalue weighted by Crippen LogP contribution is -2.64. The second-order valence-corrected chi connectivity index (χ2v) is 12.8. The number of ether oxygens (including phenoxy) is 1. The van der Waals surface area contributed by atoms with Crippen molar-refractivity contribution < 1.29 is 14.4 Å². The summed E-state index contributed by atoms with van der Waals surface area (Å²) in [6, 6.07) is 27.5. The number of aryl methyl sites for hydroxylation is 1. The van der Waals surface area contributed by atoms with Crippen molar-refractivity contribution in [3.63, 3.8) is 0 Å². The molecule has 0 N–H and O–H groups in total. The van der Waals surface area contributed by atoms with Crippen LogP contribution in [-0.4, -0.2) is 27.8 Å². The van der Waals surface area contributed by atoms with Crippen LogP contribution in [0.25, 0.3) is 0 Å². The van der Waals surface area contributed by atoms with Gasteiger partial charge in [0.1, 0.15) is 18.5 Å². The molecule has 1 saturated carbocycles. The Balaban J connectivity index is 1.17. The van der Waals surface area contributed by atoms with Gasteiger partial charge in [0.2, 0.25) is 0 Å². The Labute approximate surface area is 244 Å². The minimum Gasteiger partial charge on any atom is -0.489 e. The van der Waals surface area contributed by atoms with Crippen molar-refractivity contribution in [2.45, 2.75) is 63.8 Å². The molecule has 2 aliphatic heterocycles. The van der Waals surface area contributed by atoms with E-state index in [0.717, 1.165) is 41.5 Å². The largest absolute Gasteiger partial charge is 0.489 e. The summed E-state index contributed by atoms with van der Waals surface area (Å²) in [6.07, 6.45) is 5.29. The Kier molecular flexibility index (Phi) is 6.58. The molecule has 2 heterocycles. The zero-order chi connectivity index (χ0) is 26.6. The van der Waals surface area contributed by atoms with Crippen molar-refractivity contribution in [3.05, 3.63) is 95.6 Å². The third kappa shape index (κ3) is 4.26. The Morgan fingerprint density at radius 2 is 1.79 bits per heavy atom. The molecule has 0 unspecified atom stereocenters. The quantitative estimate of drug-likeness (QED) is 0.213. The van der Waals surface area contributed by atoms with Gasteiger partial charge in [-0.3, -0.25) is 4.90 Å². The molecule has 5 nitrogen and oxygen atoms in total. The SMILES string of the molecule is C[C@]12CC[C@@H]3c4ccc(OCc5ccccc5)cc4CC[C@H]3[C@@H]1C[C@H](CI)N1OC(=O)N(c3ccccc3)[C@H]12. The van der Waals surface area contributed by atoms with Crippen molar-refractivity contribution in [2.75, 3.05) is 9.33 Å². The molecule has 6 atom stereocenters. The molecule has 3 aromatic carbocycles. The van der Waals surface area contributed by atoms with Gasteiger partial charge in [0, 0.05) is 15.5 Å². The number of para-hydroxylation sites is 1. The molecule has 0 radical (unpaired) electrons. The number of hydrogen-bond donors (Lipinski definition) is 0. The molecule has 1 amide bonds. The van der Waals surface area contributed by atoms with Crippen molar-refractivity contribution >= 4 is 34.4 Å². The highest BCUT2D eigenvalue weighted by atomic mass is 127. The fraction of sp³-hybridized carbons (Fsp3) is 0.424. The fourth-order valence-corrected chi connectivity index (χ4v) is 8.87. The van der Waals surface area contributed by atoms with Crippen LogP contribution in [0.4, 0.5) is 10.5 Å². The van der Waals surface area contributed by atoms with Crippen molar-refractivity contribution in [1.82, 2.24) is 5.06 Å². The average molecular weight is 635 g/mol. The minimum atomic E-state index is -0.234. The van der Waals surface area contributed by atoms with Crippen LogP contribution in [0.2, 0.25) is 0 Å². The van der Waals surface area contributed by atoms with E-state index >= 15 is 0 Å². The van der Waals surface area contributed by atoms with Crippen LogP contribution in [0.5, 0.6) is 5.75 Å². The number of anilines is 1. The zero-order valence-electron chi connectivity index (χ0n) is 22.3. The van der Waals surface area contributed by atoms with Crippen molar-refractivity contribution in [3.8, 4) is 5.75 Å². The number of carbonyl (C=O) groups is 1. The van der Waals surface area contributed by atoms with Crippen LogP contribution in [0.15, 0.2) is 78.9 Å². The number of amides is 1. The number of hydrogen-bond acceptors (Lipinski definition) is 4. The van der Waals surface area contributed by atoms with Crippen LogP contribution in [-0.2, 0) is 17.9 Å². The number of halogens is 1. The maximum Gasteiger partial charge on any atom is 0.435 e. The van der Waals surface area contributed by atoms with E-state index in [1.165, 1.54) is 23.1 Å². The van der Waals surface area contributed by atoms with Crippen molar-refractivity contribution in [2.24, 2.45) is 17.3 Å². The van der Waals surface area contributed by atoms with E-state index in [0.29, 0.717) is 24.4 Å². The average Bonchev–Trinajstić information content (AvgIpc) is 3.34. The van der Waals surface area contributed by atoms with Crippen LogP contribution >= 0.6 is 22.6 Å². The molecule has 4 aliphatic rings. The first-order valence-electron chi connectivity index (χ1n) is 14.3. The normalized spacial score (nSPS) is 31.5. The number of alkyl halides is 1. The third-order valence-electron chi connectivity index (χ3n) is 9.94. The lowest BCUT2D eigenvalue weighted by atomic mass is 9.51. The first-order chi connectivity index (χ1) is 19.1. The number of nitrogens with zero attached hydrogens (tertiary/aromatic N) is 2. The van der Waals surface area contributed by atoms with Gasteiger partial charge in [-0.2, -0.15) is 0 Å². The highest BCUT2D eigenvalue weighted by Crippen LogP contribution is 2.62. The lowest BCUT2D eigenvalue weighted by molar-refractivity contribution is -0.205. The predicted octanol–water partition coefficient (Wildman–Crippen LogP) is 7.74. The molecule has 2 saturated heterocycles. The Hall–Kier alpha value is -2.58. The summed E-state index contributed by atoms with van der Waals surface area (Å²) in [6.45, 7) is 3.03. The summed E-state index contributed by atoms with van der Waals surface area (Å²) >= 11 is 2.48. The molecular weight excluding hydrogens is 599 g/mol. The van der Waals surface area contributed by atoms with Gasteiger partial charge in [0.25, 0.3) is 0 Å². The molecule has 3 fully saturated rings. The summed E-state index contributed by atoms with van der Waals surface area (Å²) in [5, 5.41) is 2.06. The standard InChI is InChI=1S/C33H35IN2O3/c1-33-17-16-28-27-15-13-26(38-21-22-8-4-2-5-9-22)18-23(27)12-14-29(28)30(33)19-25(20-34)36-31(33)35(32(37)39-36)24-10-6-3-7-11-24/h2-11,13,15,18,25,28-31H,12,14,16-17,19-21H2,1H3/t25-,28-,29-,30+,31-,33+/m1/s1. The predicted molar refractivity (Wildman–Crippen MR) is 161 cm³/mol. The van der Waals surface area contributed by atoms with Gasteiger partial charge in [-0.05, 0) is 90.8 Å². The van der Waals surface area contributed by atoms with Crippen LogP contribution < -0.4 is 9.64 Å². The summed E-state index contributed by atoms with van der Waals surface area (Å²) < 4.78 is 7.13. The summed E-state index contributed by atoms with van der Waals surface area (Å²) in [5.41, 5.74) is 5.08. The van der Waals surface area contributed by atoms with E-state index in [2.05, 4.69) is 77.0 Å². The molecule has 3 aromatic rings. The smallest absolute Gasteiger partial charge is 0.435 e. The minimum absolute atomic E-state index is 0.0261. The summed E-state index contributed by atoms with van der Waals surface area (Å²) in [4.78, 5) is 21.2. The van der Waals surface area contributed by atoms with Crippen LogP contribution in [0.3, 0.4) is 0 Å². The van der Waals surface area contributed by atoms with Gasteiger partial charge in [0.15, 0.2) is 0 Å². The monoisotopic (exact) mass is 634 g/mol. The first-order valence-corrected chi connectivity index (χ1v) is 15.8. The van der Waals surface area contributed by atoms with Crippen LogP contribution in [0.1, 0.15) is 55.2 Å². The van der Waals surface area contributed by atoms with Gasteiger partial charge < -0.3 is 9.57 Å². The number of fused-ring (bicyclic) bond motifs is 7. The lowest BCUT2D eigenvalue weighted by Gasteiger charge is -2.59. The van der Waals surface area contributed by atoms with Gasteiger partial charge in [-0.25, -0.2) is 4.79 Å². The Bertz CT molecular complexity index is 1350. The zero-order valence-corrected chi connectivity index (χ0v) is 24.5. The molecule has 202 valence electrons. The van der Waals surface area contributed by atoms with Gasteiger partial charge >= 0.3 is 6.09 Å². The van der Waals surface area contributed by atoms with Crippen molar-refractivity contribution in [1.29, 1.82) is 0 Å². The second kappa shape index (κ2) is 10.1. The number of rotatable bonds is 5. The van der Waals surface area contributed by atoms with E-state index in [1.54, 1.807) is 0 Å². The van der Waals surface area contributed by atoms with Gasteiger partial charge in [-0.1, -0.05) is 84.1 Å². The topological polar surface area (TPSA) is 42.0 Å². The van der Waals surface area contributed by atoms with E-state index in [4.69, 9.17) is 9.57 Å². The molecule has 7 rings (SSSR count). The number of carbonyl (C=O) groups excluding carboxylic acids is 1. The maximum absolute atomic E-state index is 13.3. The van der Waals surface area contributed by atoms with Crippen LogP contribution in [0, 0.1) is 17.3 Å². The maximum atomic E-state index is 13.3. The Morgan fingerprint density at radius 1 is 1.03 bits per heavy atom. The van der Waals surface area contributed by atoms with Gasteiger partial charge in [-0.15, -0.1) is 5.06 Å². The van der Waals surface area contributed by atoms with E-state index < -0.39 is 0 Å². The molecule has 2 aliphatic carbocycles. The van der Waals surface area contributed by atoms with E-state index in [-0.39, 0.29) is 23.7 Å². The summed E-state index contributed by atoms with van der Waals surface area (Å²) in [7, 11) is 0. The number of hydroxylamine groups is 2.